The molecule has 0 unspecified atom stereocenters. The summed E-state index contributed by atoms with van der Waals surface area (Å²) in [7, 11) is 0. The fraction of sp³-hybridized carbons (Fsp3) is 0.529. The maximum absolute atomic E-state index is 11.8. The predicted octanol–water partition coefficient (Wildman–Crippen LogP) is 1.58. The van der Waals surface area contributed by atoms with Gasteiger partial charge in [-0.3, -0.25) is 9.59 Å². The van der Waals surface area contributed by atoms with E-state index in [9.17, 15) is 19.5 Å². The first-order valence-electron chi connectivity index (χ1n) is 8.46. The zero-order valence-electron chi connectivity index (χ0n) is 14.6. The molecule has 2 rings (SSSR count). The van der Waals surface area contributed by atoms with Crippen LogP contribution in [0.2, 0.25) is 0 Å². The number of carbonyl (C=O) groups is 3. The molecule has 1 aromatic rings. The maximum atomic E-state index is 11.8. The third kappa shape index (κ3) is 4.91. The lowest BCUT2D eigenvalue weighted by Crippen LogP contribution is -2.48. The number of anilines is 2. The molecule has 0 bridgehead atoms. The Hall–Kier alpha value is -2.64. The molecule has 8 heteroatoms. The lowest BCUT2D eigenvalue weighted by Gasteiger charge is -2.35. The molecular weight excluding hydrogens is 324 g/mol. The van der Waals surface area contributed by atoms with E-state index in [4.69, 9.17) is 0 Å². The number of nitrogens with one attached hydrogen (secondary N) is 1. The van der Waals surface area contributed by atoms with Crippen molar-refractivity contribution in [2.45, 2.75) is 33.1 Å². The highest BCUT2D eigenvalue weighted by Crippen LogP contribution is 2.23. The van der Waals surface area contributed by atoms with Crippen LogP contribution in [-0.4, -0.2) is 59.0 Å². The largest absolute Gasteiger partial charge is 0.478 e. The smallest absolute Gasteiger partial charge is 0.339 e. The van der Waals surface area contributed by atoms with Crippen LogP contribution in [0, 0.1) is 0 Å². The van der Waals surface area contributed by atoms with Crippen LogP contribution in [-0.2, 0) is 9.59 Å². The third-order valence-electron chi connectivity index (χ3n) is 4.16. The van der Waals surface area contributed by atoms with Crippen molar-refractivity contribution in [2.24, 2.45) is 0 Å². The molecule has 2 N–H and O–H groups in total. The average molecular weight is 348 g/mol. The van der Waals surface area contributed by atoms with Crippen LogP contribution in [0.5, 0.6) is 0 Å². The number of hydrogen-bond acceptors (Lipinski definition) is 5. The first-order valence-corrected chi connectivity index (χ1v) is 8.46. The second kappa shape index (κ2) is 8.46. The van der Waals surface area contributed by atoms with E-state index in [0.717, 1.165) is 12.8 Å². The summed E-state index contributed by atoms with van der Waals surface area (Å²) in [4.78, 5) is 42.6. The summed E-state index contributed by atoms with van der Waals surface area (Å²) in [5.74, 6) is -0.873. The van der Waals surface area contributed by atoms with Gasteiger partial charge in [0.2, 0.25) is 11.8 Å². The van der Waals surface area contributed by atoms with E-state index in [-0.39, 0.29) is 17.4 Å². The topological polar surface area (TPSA) is 103 Å². The van der Waals surface area contributed by atoms with Crippen molar-refractivity contribution in [3.63, 3.8) is 0 Å². The molecule has 136 valence electrons. The molecule has 0 aromatic carbocycles. The number of aromatic carboxylic acids is 1. The summed E-state index contributed by atoms with van der Waals surface area (Å²) < 4.78 is 0. The molecule has 8 nitrogen and oxygen atoms in total. The molecule has 2 heterocycles. The zero-order valence-corrected chi connectivity index (χ0v) is 14.6. The lowest BCUT2D eigenvalue weighted by atomic mass is 10.2. The molecular formula is C17H24N4O4. The third-order valence-corrected chi connectivity index (χ3v) is 4.16. The average Bonchev–Trinajstić information content (AvgIpc) is 2.60. The van der Waals surface area contributed by atoms with Crippen molar-refractivity contribution in [1.82, 2.24) is 9.88 Å². The predicted molar refractivity (Wildman–Crippen MR) is 93.8 cm³/mol. The second-order valence-electron chi connectivity index (χ2n) is 6.05. The molecule has 0 spiro atoms. The molecule has 1 aliphatic rings. The van der Waals surface area contributed by atoms with Crippen LogP contribution in [0.4, 0.5) is 11.5 Å². The van der Waals surface area contributed by atoms with Gasteiger partial charge < -0.3 is 20.2 Å². The molecule has 2 amide bonds. The number of aromatic nitrogens is 1. The summed E-state index contributed by atoms with van der Waals surface area (Å²) in [6.07, 6.45) is 3.57. The molecule has 0 radical (unpaired) electrons. The minimum Gasteiger partial charge on any atom is -0.478 e. The normalized spacial score (nSPS) is 14.3. The SMILES string of the molecule is CCCCC(=O)Nc1cnc(N2CCN(C(C)=O)CC2)c(C(=O)O)c1. The minimum atomic E-state index is -1.10. The number of rotatable bonds is 6. The Balaban J connectivity index is 2.13. The molecule has 25 heavy (non-hydrogen) atoms. The van der Waals surface area contributed by atoms with Crippen LogP contribution in [0.1, 0.15) is 43.5 Å². The first kappa shape index (κ1) is 18.7. The Morgan fingerprint density at radius 3 is 2.48 bits per heavy atom. The number of pyridine rings is 1. The number of carboxylic acids is 1. The lowest BCUT2D eigenvalue weighted by molar-refractivity contribution is -0.129. The van der Waals surface area contributed by atoms with E-state index in [1.165, 1.54) is 19.2 Å². The first-order chi connectivity index (χ1) is 11.9. The quantitative estimate of drug-likeness (QED) is 0.809. The van der Waals surface area contributed by atoms with Crippen molar-refractivity contribution < 1.29 is 19.5 Å². The van der Waals surface area contributed by atoms with E-state index in [1.807, 2.05) is 11.8 Å². The van der Waals surface area contributed by atoms with Crippen LogP contribution in [0.3, 0.4) is 0 Å². The van der Waals surface area contributed by atoms with Crippen LogP contribution >= 0.6 is 0 Å². The second-order valence-corrected chi connectivity index (χ2v) is 6.05. The number of unbranched alkanes of at least 4 members (excludes halogenated alkanes) is 1. The van der Waals surface area contributed by atoms with Gasteiger partial charge in [0.05, 0.1) is 11.9 Å². The highest BCUT2D eigenvalue weighted by atomic mass is 16.4. The van der Waals surface area contributed by atoms with Crippen LogP contribution in [0.25, 0.3) is 0 Å². The summed E-state index contributed by atoms with van der Waals surface area (Å²) in [6, 6.07) is 1.44. The number of nitrogens with zero attached hydrogens (tertiary/aromatic N) is 3. The highest BCUT2D eigenvalue weighted by Gasteiger charge is 2.24. The molecule has 1 fully saturated rings. The molecule has 1 saturated heterocycles. The Morgan fingerprint density at radius 1 is 1.24 bits per heavy atom. The van der Waals surface area contributed by atoms with Crippen LogP contribution in [0.15, 0.2) is 12.3 Å². The molecule has 0 aliphatic carbocycles. The summed E-state index contributed by atoms with van der Waals surface area (Å²) >= 11 is 0. The molecule has 0 saturated carbocycles. The van der Waals surface area contributed by atoms with Gasteiger partial charge in [-0.2, -0.15) is 0 Å². The van der Waals surface area contributed by atoms with E-state index in [2.05, 4.69) is 10.3 Å². The zero-order chi connectivity index (χ0) is 18.4. The number of carbonyl (C=O) groups excluding carboxylic acids is 2. The Bertz CT molecular complexity index is 654. The van der Waals surface area contributed by atoms with E-state index in [0.29, 0.717) is 44.1 Å². The fourth-order valence-corrected chi connectivity index (χ4v) is 2.73. The molecule has 1 aromatic heterocycles. The van der Waals surface area contributed by atoms with Crippen molar-refractivity contribution in [3.8, 4) is 0 Å². The van der Waals surface area contributed by atoms with E-state index >= 15 is 0 Å². The van der Waals surface area contributed by atoms with Gasteiger partial charge in [-0.15, -0.1) is 0 Å². The van der Waals surface area contributed by atoms with Gasteiger partial charge in [0.25, 0.3) is 0 Å². The van der Waals surface area contributed by atoms with Crippen molar-refractivity contribution in [3.05, 3.63) is 17.8 Å². The number of piperazine rings is 1. The fourth-order valence-electron chi connectivity index (χ4n) is 2.73. The van der Waals surface area contributed by atoms with Gasteiger partial charge in [0.15, 0.2) is 0 Å². The minimum absolute atomic E-state index is 0.0104. The molecule has 0 atom stereocenters. The standard InChI is InChI=1S/C17H24N4O4/c1-3-4-5-15(23)19-13-10-14(17(24)25)16(18-11-13)21-8-6-20(7-9-21)12(2)22/h10-11H,3-9H2,1-2H3,(H,19,23)(H,24,25). The Labute approximate surface area is 146 Å². The summed E-state index contributed by atoms with van der Waals surface area (Å²) in [5, 5.41) is 12.2. The van der Waals surface area contributed by atoms with Gasteiger partial charge in [-0.05, 0) is 12.5 Å². The Kier molecular flexibility index (Phi) is 6.32. The summed E-state index contributed by atoms with van der Waals surface area (Å²) in [5.41, 5.74) is 0.425. The Morgan fingerprint density at radius 2 is 1.92 bits per heavy atom. The van der Waals surface area contributed by atoms with Gasteiger partial charge in [0, 0.05) is 39.5 Å². The number of hydrogen-bond donors (Lipinski definition) is 2. The summed E-state index contributed by atoms with van der Waals surface area (Å²) in [6.45, 7) is 5.63. The maximum Gasteiger partial charge on any atom is 0.339 e. The molecule has 1 aliphatic heterocycles. The van der Waals surface area contributed by atoms with Crippen LogP contribution < -0.4 is 10.2 Å². The van der Waals surface area contributed by atoms with Gasteiger partial charge in [-0.1, -0.05) is 13.3 Å². The van der Waals surface area contributed by atoms with Gasteiger partial charge in [-0.25, -0.2) is 9.78 Å². The van der Waals surface area contributed by atoms with Crippen molar-refractivity contribution in [2.75, 3.05) is 36.4 Å². The van der Waals surface area contributed by atoms with Gasteiger partial charge in [0.1, 0.15) is 11.4 Å². The van der Waals surface area contributed by atoms with Gasteiger partial charge >= 0.3 is 5.97 Å². The van der Waals surface area contributed by atoms with Crippen molar-refractivity contribution in [1.29, 1.82) is 0 Å². The monoisotopic (exact) mass is 348 g/mol. The van der Waals surface area contributed by atoms with E-state index < -0.39 is 5.97 Å². The highest BCUT2D eigenvalue weighted by molar-refractivity contribution is 5.97. The van der Waals surface area contributed by atoms with E-state index in [1.54, 1.807) is 4.90 Å². The van der Waals surface area contributed by atoms with Crippen molar-refractivity contribution >= 4 is 29.3 Å². The number of amides is 2. The number of carboxylic acid groups (broad SMARTS) is 1.